The van der Waals surface area contributed by atoms with Crippen LogP contribution in [0.15, 0.2) is 24.3 Å². The van der Waals surface area contributed by atoms with Crippen LogP contribution in [0.2, 0.25) is 0 Å². The molecule has 0 unspecified atom stereocenters. The summed E-state index contributed by atoms with van der Waals surface area (Å²) in [4.78, 5) is 4.46. The molecule has 0 spiro atoms. The highest BCUT2D eigenvalue weighted by molar-refractivity contribution is 5.85. The fraction of sp³-hybridized carbons (Fsp3) is 0.250. The van der Waals surface area contributed by atoms with Crippen LogP contribution in [0.4, 0.5) is 0 Å². The normalized spacial score (nSPS) is 8.83. The van der Waals surface area contributed by atoms with Crippen molar-refractivity contribution in [2.24, 2.45) is 5.90 Å². The van der Waals surface area contributed by atoms with E-state index in [1.54, 1.807) is 7.11 Å². The van der Waals surface area contributed by atoms with E-state index in [0.29, 0.717) is 6.61 Å². The van der Waals surface area contributed by atoms with Gasteiger partial charge in [-0.2, -0.15) is 0 Å². The third kappa shape index (κ3) is 3.09. The zero-order valence-corrected chi connectivity index (χ0v) is 7.64. The Morgan fingerprint density at radius 3 is 2.25 bits per heavy atom. The highest BCUT2D eigenvalue weighted by atomic mass is 35.5. The Kier molecular flexibility index (Phi) is 5.45. The minimum atomic E-state index is 0. The molecule has 4 heteroatoms. The molecule has 2 N–H and O–H groups in total. The molecule has 1 rings (SSSR count). The predicted molar refractivity (Wildman–Crippen MR) is 49.2 cm³/mol. The maximum absolute atomic E-state index is 4.98. The first-order valence-electron chi connectivity index (χ1n) is 3.31. The Morgan fingerprint density at radius 1 is 1.25 bits per heavy atom. The van der Waals surface area contributed by atoms with E-state index in [0.717, 1.165) is 11.3 Å². The van der Waals surface area contributed by atoms with Crippen LogP contribution < -0.4 is 10.6 Å². The molecule has 0 atom stereocenters. The molecule has 0 amide bonds. The summed E-state index contributed by atoms with van der Waals surface area (Å²) >= 11 is 0. The van der Waals surface area contributed by atoms with Gasteiger partial charge in [-0.3, -0.25) is 4.84 Å². The van der Waals surface area contributed by atoms with Crippen molar-refractivity contribution in [3.8, 4) is 5.75 Å². The predicted octanol–water partition coefficient (Wildman–Crippen LogP) is 1.51. The molecule has 0 bridgehead atoms. The number of hydrogen-bond acceptors (Lipinski definition) is 3. The summed E-state index contributed by atoms with van der Waals surface area (Å²) in [5.74, 6) is 5.74. The molecule has 0 fully saturated rings. The number of rotatable bonds is 3. The first kappa shape index (κ1) is 11.2. The molecule has 3 nitrogen and oxygen atoms in total. The number of ether oxygens (including phenoxy) is 1. The van der Waals surface area contributed by atoms with Gasteiger partial charge in [0.05, 0.1) is 13.7 Å². The van der Waals surface area contributed by atoms with Gasteiger partial charge in [0, 0.05) is 0 Å². The van der Waals surface area contributed by atoms with E-state index in [1.165, 1.54) is 0 Å². The van der Waals surface area contributed by atoms with Crippen LogP contribution in [0, 0.1) is 0 Å². The van der Waals surface area contributed by atoms with Gasteiger partial charge >= 0.3 is 0 Å². The Hall–Kier alpha value is -0.770. The topological polar surface area (TPSA) is 44.5 Å². The van der Waals surface area contributed by atoms with Gasteiger partial charge in [0.1, 0.15) is 5.75 Å². The van der Waals surface area contributed by atoms with Crippen molar-refractivity contribution in [2.45, 2.75) is 6.61 Å². The second-order valence-corrected chi connectivity index (χ2v) is 2.16. The standard InChI is InChI=1S/C8H11NO2.ClH/c1-10-8-4-2-7(3-5-8)6-11-9;/h2-5H,6,9H2,1H3;1H. The summed E-state index contributed by atoms with van der Waals surface area (Å²) in [6.07, 6.45) is 0. The van der Waals surface area contributed by atoms with Crippen molar-refractivity contribution in [2.75, 3.05) is 7.11 Å². The van der Waals surface area contributed by atoms with Crippen molar-refractivity contribution >= 4 is 12.4 Å². The molecular formula is C8H12ClNO2. The highest BCUT2D eigenvalue weighted by Crippen LogP contribution is 2.11. The molecule has 0 aliphatic rings. The largest absolute Gasteiger partial charge is 0.497 e. The summed E-state index contributed by atoms with van der Waals surface area (Å²) in [5, 5.41) is 0. The third-order valence-corrected chi connectivity index (χ3v) is 1.41. The summed E-state index contributed by atoms with van der Waals surface area (Å²) in [5.41, 5.74) is 1.04. The number of hydrogen-bond donors (Lipinski definition) is 1. The molecule has 0 aromatic heterocycles. The molecule has 0 radical (unpaired) electrons. The molecule has 1 aromatic rings. The van der Waals surface area contributed by atoms with Crippen molar-refractivity contribution in [1.29, 1.82) is 0 Å². The number of nitrogens with two attached hydrogens (primary N) is 1. The Balaban J connectivity index is 0.00000121. The van der Waals surface area contributed by atoms with E-state index in [1.807, 2.05) is 24.3 Å². The minimum Gasteiger partial charge on any atom is -0.497 e. The monoisotopic (exact) mass is 189 g/mol. The molecule has 1 aromatic carbocycles. The van der Waals surface area contributed by atoms with E-state index < -0.39 is 0 Å². The first-order chi connectivity index (χ1) is 5.36. The number of benzene rings is 1. The van der Waals surface area contributed by atoms with Gasteiger partial charge in [-0.15, -0.1) is 12.4 Å². The van der Waals surface area contributed by atoms with Crippen LogP contribution in [-0.4, -0.2) is 7.11 Å². The molecular weight excluding hydrogens is 178 g/mol. The molecule has 0 heterocycles. The van der Waals surface area contributed by atoms with E-state index in [9.17, 15) is 0 Å². The van der Waals surface area contributed by atoms with Crippen LogP contribution in [0.25, 0.3) is 0 Å². The fourth-order valence-electron chi connectivity index (χ4n) is 0.818. The van der Waals surface area contributed by atoms with E-state index in [4.69, 9.17) is 10.6 Å². The molecule has 0 saturated carbocycles. The van der Waals surface area contributed by atoms with Crippen molar-refractivity contribution < 1.29 is 9.57 Å². The molecule has 0 aliphatic carbocycles. The smallest absolute Gasteiger partial charge is 0.118 e. The molecule has 68 valence electrons. The van der Waals surface area contributed by atoms with Gasteiger partial charge in [-0.25, -0.2) is 5.90 Å². The quantitative estimate of drug-likeness (QED) is 0.734. The van der Waals surface area contributed by atoms with Crippen molar-refractivity contribution in [3.63, 3.8) is 0 Å². The molecule has 12 heavy (non-hydrogen) atoms. The summed E-state index contributed by atoms with van der Waals surface area (Å²) < 4.78 is 4.98. The van der Waals surface area contributed by atoms with Gasteiger partial charge < -0.3 is 4.74 Å². The van der Waals surface area contributed by atoms with Crippen LogP contribution in [0.1, 0.15) is 5.56 Å². The van der Waals surface area contributed by atoms with Crippen molar-refractivity contribution in [3.05, 3.63) is 29.8 Å². The number of methoxy groups -OCH3 is 1. The summed E-state index contributed by atoms with van der Waals surface area (Å²) in [6, 6.07) is 7.56. The second kappa shape index (κ2) is 5.83. The van der Waals surface area contributed by atoms with E-state index in [-0.39, 0.29) is 12.4 Å². The van der Waals surface area contributed by atoms with E-state index >= 15 is 0 Å². The van der Waals surface area contributed by atoms with Gasteiger partial charge in [-0.05, 0) is 17.7 Å². The molecule has 0 aliphatic heterocycles. The average Bonchev–Trinajstić information content (AvgIpc) is 2.07. The minimum absolute atomic E-state index is 0. The summed E-state index contributed by atoms with van der Waals surface area (Å²) in [6.45, 7) is 0.435. The Morgan fingerprint density at radius 2 is 1.83 bits per heavy atom. The van der Waals surface area contributed by atoms with Crippen molar-refractivity contribution in [1.82, 2.24) is 0 Å². The average molecular weight is 190 g/mol. The van der Waals surface area contributed by atoms with Crippen LogP contribution >= 0.6 is 12.4 Å². The number of halogens is 1. The maximum Gasteiger partial charge on any atom is 0.118 e. The van der Waals surface area contributed by atoms with Crippen LogP contribution in [0.5, 0.6) is 5.75 Å². The lowest BCUT2D eigenvalue weighted by Gasteiger charge is -2.00. The van der Waals surface area contributed by atoms with E-state index in [2.05, 4.69) is 4.84 Å². The Labute approximate surface area is 77.8 Å². The lowest BCUT2D eigenvalue weighted by molar-refractivity contribution is 0.124. The Bertz CT molecular complexity index is 213. The van der Waals surface area contributed by atoms with Gasteiger partial charge in [0.15, 0.2) is 0 Å². The lowest BCUT2D eigenvalue weighted by Crippen LogP contribution is -1.98. The van der Waals surface area contributed by atoms with Crippen LogP contribution in [0.3, 0.4) is 0 Å². The van der Waals surface area contributed by atoms with Gasteiger partial charge in [-0.1, -0.05) is 12.1 Å². The maximum atomic E-state index is 4.98. The summed E-state index contributed by atoms with van der Waals surface area (Å²) in [7, 11) is 1.63. The first-order valence-corrected chi connectivity index (χ1v) is 3.31. The van der Waals surface area contributed by atoms with Gasteiger partial charge in [0.25, 0.3) is 0 Å². The lowest BCUT2D eigenvalue weighted by atomic mass is 10.2. The second-order valence-electron chi connectivity index (χ2n) is 2.16. The third-order valence-electron chi connectivity index (χ3n) is 1.41. The zero-order valence-electron chi connectivity index (χ0n) is 6.82. The zero-order chi connectivity index (χ0) is 8.10. The molecule has 0 saturated heterocycles. The van der Waals surface area contributed by atoms with Crippen LogP contribution in [-0.2, 0) is 11.4 Å². The highest BCUT2D eigenvalue weighted by Gasteiger charge is 1.91. The fourth-order valence-corrected chi connectivity index (χ4v) is 0.818. The van der Waals surface area contributed by atoms with Gasteiger partial charge in [0.2, 0.25) is 0 Å². The SMILES string of the molecule is COc1ccc(CON)cc1.Cl.